The van der Waals surface area contributed by atoms with E-state index in [9.17, 15) is 4.79 Å². The molecule has 0 unspecified atom stereocenters. The van der Waals surface area contributed by atoms with Gasteiger partial charge in [0.15, 0.2) is 5.76 Å². The molecule has 2 aromatic rings. The maximum atomic E-state index is 11.9. The number of carbonyl (C=O) groups excluding carboxylic acids is 1. The normalized spacial score (nSPS) is 9.81. The highest BCUT2D eigenvalue weighted by Gasteiger charge is 2.08. The van der Waals surface area contributed by atoms with Crippen LogP contribution in [0.4, 0.5) is 0 Å². The van der Waals surface area contributed by atoms with Crippen LogP contribution in [-0.2, 0) is 6.54 Å². The second-order valence-electron chi connectivity index (χ2n) is 4.32. The topological polar surface area (TPSA) is 88.2 Å². The van der Waals surface area contributed by atoms with Crippen LogP contribution in [0.25, 0.3) is 0 Å². The fourth-order valence-electron chi connectivity index (χ4n) is 1.58. The molecular formula is C15H15N3O3. The molecule has 1 amide bonds. The van der Waals surface area contributed by atoms with Crippen LogP contribution in [0, 0.1) is 18.8 Å². The second kappa shape index (κ2) is 7.22. The third-order valence-electron chi connectivity index (χ3n) is 2.57. The standard InChI is InChI=1S/C15H15N3O3/c1-11-8-13(21-18-11)10-17-15(20)14-6-5-12(9-16-14)4-2-3-7-19/h5-6,8-9,19H,3,7,10H2,1H3,(H,17,20). The van der Waals surface area contributed by atoms with Gasteiger partial charge < -0.3 is 14.9 Å². The summed E-state index contributed by atoms with van der Waals surface area (Å²) in [4.78, 5) is 15.9. The van der Waals surface area contributed by atoms with Gasteiger partial charge in [-0.15, -0.1) is 0 Å². The summed E-state index contributed by atoms with van der Waals surface area (Å²) in [6, 6.07) is 5.07. The van der Waals surface area contributed by atoms with Crippen LogP contribution in [0.5, 0.6) is 0 Å². The molecule has 2 rings (SSSR count). The number of carbonyl (C=O) groups is 1. The first kappa shape index (κ1) is 14.8. The van der Waals surface area contributed by atoms with Gasteiger partial charge in [0, 0.05) is 24.2 Å². The zero-order valence-electron chi connectivity index (χ0n) is 11.6. The lowest BCUT2D eigenvalue weighted by Crippen LogP contribution is -2.23. The minimum absolute atomic E-state index is 0.0298. The van der Waals surface area contributed by atoms with Gasteiger partial charge in [0.05, 0.1) is 18.8 Å². The Morgan fingerprint density at radius 1 is 1.48 bits per heavy atom. The molecule has 0 radical (unpaired) electrons. The molecule has 0 aliphatic carbocycles. The quantitative estimate of drug-likeness (QED) is 0.819. The number of aryl methyl sites for hydroxylation is 1. The number of hydrogen-bond donors (Lipinski definition) is 2. The molecule has 2 heterocycles. The van der Waals surface area contributed by atoms with Gasteiger partial charge in [-0.2, -0.15) is 0 Å². The van der Waals surface area contributed by atoms with E-state index in [2.05, 4.69) is 27.3 Å². The Hall–Kier alpha value is -2.65. The maximum Gasteiger partial charge on any atom is 0.270 e. The van der Waals surface area contributed by atoms with Crippen LogP contribution in [0.15, 0.2) is 28.9 Å². The van der Waals surface area contributed by atoms with Crippen LogP contribution >= 0.6 is 0 Å². The minimum atomic E-state index is -0.293. The number of pyridine rings is 1. The van der Waals surface area contributed by atoms with Crippen LogP contribution in [0.2, 0.25) is 0 Å². The van der Waals surface area contributed by atoms with Crippen molar-refractivity contribution in [3.05, 3.63) is 47.1 Å². The number of nitrogens with one attached hydrogen (secondary N) is 1. The summed E-state index contributed by atoms with van der Waals surface area (Å²) in [6.45, 7) is 2.11. The third-order valence-corrected chi connectivity index (χ3v) is 2.57. The van der Waals surface area contributed by atoms with Crippen molar-refractivity contribution in [1.82, 2.24) is 15.5 Å². The summed E-state index contributed by atoms with van der Waals surface area (Å²) in [5.41, 5.74) is 1.77. The summed E-state index contributed by atoms with van der Waals surface area (Å²) in [7, 11) is 0. The van der Waals surface area contributed by atoms with Crippen molar-refractivity contribution in [3.63, 3.8) is 0 Å². The molecule has 0 atom stereocenters. The van der Waals surface area contributed by atoms with E-state index in [0.29, 0.717) is 23.4 Å². The maximum absolute atomic E-state index is 11.9. The third kappa shape index (κ3) is 4.44. The monoisotopic (exact) mass is 285 g/mol. The molecule has 0 saturated carbocycles. The van der Waals surface area contributed by atoms with Crippen LogP contribution < -0.4 is 5.32 Å². The molecule has 0 aliphatic heterocycles. The summed E-state index contributed by atoms with van der Waals surface area (Å²) in [5.74, 6) is 5.93. The van der Waals surface area contributed by atoms with E-state index in [4.69, 9.17) is 9.63 Å². The minimum Gasteiger partial charge on any atom is -0.395 e. The summed E-state index contributed by atoms with van der Waals surface area (Å²) >= 11 is 0. The van der Waals surface area contributed by atoms with Crippen molar-refractivity contribution in [2.24, 2.45) is 0 Å². The molecule has 0 aliphatic rings. The zero-order valence-corrected chi connectivity index (χ0v) is 11.6. The molecule has 2 N–H and O–H groups in total. The molecular weight excluding hydrogens is 270 g/mol. The molecule has 0 saturated heterocycles. The number of nitrogens with zero attached hydrogens (tertiary/aromatic N) is 2. The lowest BCUT2D eigenvalue weighted by atomic mass is 10.2. The number of aromatic nitrogens is 2. The van der Waals surface area contributed by atoms with Crippen LogP contribution in [0.3, 0.4) is 0 Å². The van der Waals surface area contributed by atoms with E-state index in [0.717, 1.165) is 5.69 Å². The van der Waals surface area contributed by atoms with Gasteiger partial charge in [-0.3, -0.25) is 4.79 Å². The van der Waals surface area contributed by atoms with Crippen molar-refractivity contribution in [3.8, 4) is 11.8 Å². The second-order valence-corrected chi connectivity index (χ2v) is 4.32. The highest BCUT2D eigenvalue weighted by atomic mass is 16.5. The highest BCUT2D eigenvalue weighted by Crippen LogP contribution is 2.03. The highest BCUT2D eigenvalue weighted by molar-refractivity contribution is 5.92. The lowest BCUT2D eigenvalue weighted by Gasteiger charge is -2.01. The molecule has 0 fully saturated rings. The van der Waals surface area contributed by atoms with Gasteiger partial charge in [-0.05, 0) is 19.1 Å². The first-order valence-electron chi connectivity index (χ1n) is 6.45. The van der Waals surface area contributed by atoms with Crippen molar-refractivity contribution >= 4 is 5.91 Å². The molecule has 0 aromatic carbocycles. The number of rotatable bonds is 4. The van der Waals surface area contributed by atoms with Crippen LogP contribution in [0.1, 0.15) is 33.9 Å². The molecule has 0 spiro atoms. The molecule has 0 bridgehead atoms. The smallest absolute Gasteiger partial charge is 0.270 e. The largest absolute Gasteiger partial charge is 0.395 e. The van der Waals surface area contributed by atoms with Crippen LogP contribution in [-0.4, -0.2) is 27.8 Å². The van der Waals surface area contributed by atoms with Gasteiger partial charge in [0.25, 0.3) is 5.91 Å². The van der Waals surface area contributed by atoms with Gasteiger partial charge in [0.1, 0.15) is 5.69 Å². The zero-order chi connectivity index (χ0) is 15.1. The fourth-order valence-corrected chi connectivity index (χ4v) is 1.58. The number of hydrogen-bond acceptors (Lipinski definition) is 5. The van der Waals surface area contributed by atoms with Crippen molar-refractivity contribution < 1.29 is 14.4 Å². The average Bonchev–Trinajstić information content (AvgIpc) is 2.91. The molecule has 2 aromatic heterocycles. The average molecular weight is 285 g/mol. The summed E-state index contributed by atoms with van der Waals surface area (Å²) in [6.07, 6.45) is 1.94. The first-order chi connectivity index (χ1) is 10.2. The van der Waals surface area contributed by atoms with Crippen molar-refractivity contribution in [1.29, 1.82) is 0 Å². The molecule has 6 nitrogen and oxygen atoms in total. The summed E-state index contributed by atoms with van der Waals surface area (Å²) in [5, 5.41) is 15.1. The van der Waals surface area contributed by atoms with Gasteiger partial charge in [0.2, 0.25) is 0 Å². The first-order valence-corrected chi connectivity index (χ1v) is 6.45. The van der Waals surface area contributed by atoms with E-state index in [-0.39, 0.29) is 19.1 Å². The Kier molecular flexibility index (Phi) is 5.07. The van der Waals surface area contributed by atoms with E-state index in [1.165, 1.54) is 6.20 Å². The predicted molar refractivity (Wildman–Crippen MR) is 75.2 cm³/mol. The molecule has 21 heavy (non-hydrogen) atoms. The SMILES string of the molecule is Cc1cc(CNC(=O)c2ccc(C#CCCO)cn2)on1. The fraction of sp³-hybridized carbons (Fsp3) is 0.267. The molecule has 108 valence electrons. The van der Waals surface area contributed by atoms with E-state index in [1.807, 2.05) is 6.92 Å². The van der Waals surface area contributed by atoms with E-state index >= 15 is 0 Å². The van der Waals surface area contributed by atoms with E-state index < -0.39 is 0 Å². The number of aliphatic hydroxyl groups is 1. The predicted octanol–water partition coefficient (Wildman–Crippen LogP) is 1.04. The van der Waals surface area contributed by atoms with Gasteiger partial charge in [-0.25, -0.2) is 4.98 Å². The van der Waals surface area contributed by atoms with Crippen molar-refractivity contribution in [2.45, 2.75) is 19.9 Å². The number of aliphatic hydroxyl groups excluding tert-OH is 1. The molecule has 6 heteroatoms. The number of amides is 1. The van der Waals surface area contributed by atoms with Crippen molar-refractivity contribution in [2.75, 3.05) is 6.61 Å². The van der Waals surface area contributed by atoms with Gasteiger partial charge >= 0.3 is 0 Å². The Labute approximate surface area is 122 Å². The lowest BCUT2D eigenvalue weighted by molar-refractivity contribution is 0.0942. The Bertz CT molecular complexity index is 665. The van der Waals surface area contributed by atoms with Gasteiger partial charge in [-0.1, -0.05) is 17.0 Å². The Balaban J connectivity index is 1.92. The Morgan fingerprint density at radius 2 is 2.33 bits per heavy atom. The summed E-state index contributed by atoms with van der Waals surface area (Å²) < 4.78 is 5.00. The Morgan fingerprint density at radius 3 is 2.95 bits per heavy atom. The van der Waals surface area contributed by atoms with E-state index in [1.54, 1.807) is 18.2 Å².